The monoisotopic (exact) mass is 240 g/mol. The predicted molar refractivity (Wildman–Crippen MR) is 14.6 cm³/mol. The molecule has 0 aliphatic carbocycles. The first-order chi connectivity index (χ1) is 2.00. The molecule has 0 bridgehead atoms. The van der Waals surface area contributed by atoms with Crippen LogP contribution in [0.25, 0.3) is 0 Å². The molecule has 0 heterocycles. The van der Waals surface area contributed by atoms with Crippen molar-refractivity contribution in [2.24, 2.45) is 0 Å². The van der Waals surface area contributed by atoms with Crippen molar-refractivity contribution < 1.29 is 60.1 Å². The number of hydrogen-bond donors (Lipinski definition) is 4. The van der Waals surface area contributed by atoms with Gasteiger partial charge < -0.3 is 19.2 Å². The Balaban J connectivity index is -0.0000000800. The second kappa shape index (κ2) is 5.52. The van der Waals surface area contributed by atoms with E-state index in [0.717, 1.165) is 0 Å². The van der Waals surface area contributed by atoms with Crippen molar-refractivity contribution in [3.8, 4) is 0 Å². The molecule has 0 aromatic carbocycles. The molecule has 4 nitrogen and oxygen atoms in total. The Kier molecular flexibility index (Phi) is 12.4. The zero-order chi connectivity index (χ0) is 4.50. The first kappa shape index (κ1) is 15.8. The van der Waals surface area contributed by atoms with E-state index in [-0.39, 0.29) is 40.9 Å². The summed E-state index contributed by atoms with van der Waals surface area (Å²) in [7, 11) is -4.61. The second-order valence-corrected chi connectivity index (χ2v) is 1.80. The van der Waals surface area contributed by atoms with Gasteiger partial charge in [-0.2, -0.15) is 0 Å². The van der Waals surface area contributed by atoms with Crippen molar-refractivity contribution >= 4 is 9.05 Å². The Hall–Kier alpha value is 1.38. The zero-order valence-electron chi connectivity index (χ0n) is 3.18. The first-order valence-corrected chi connectivity index (χ1v) is 2.68. The molecule has 42 valence electrons. The molecule has 0 saturated carbocycles. The van der Waals surface area contributed by atoms with E-state index < -0.39 is 9.05 Å². The average molecular weight is 240 g/mol. The molecular formula is H4NbO4SiV. The molecule has 7 heavy (non-hydrogen) atoms. The van der Waals surface area contributed by atoms with Crippen LogP contribution < -0.4 is 0 Å². The predicted octanol–water partition coefficient (Wildman–Crippen LogP) is -2.61. The van der Waals surface area contributed by atoms with Crippen molar-refractivity contribution in [1.29, 1.82) is 0 Å². The fourth-order valence-electron chi connectivity index (χ4n) is 0. The Morgan fingerprint density at radius 3 is 0.857 bits per heavy atom. The molecule has 0 aromatic heterocycles. The van der Waals surface area contributed by atoms with Gasteiger partial charge in [0.2, 0.25) is 0 Å². The van der Waals surface area contributed by atoms with Crippen LogP contribution in [0, 0.1) is 0 Å². The van der Waals surface area contributed by atoms with E-state index in [1.807, 2.05) is 0 Å². The van der Waals surface area contributed by atoms with Crippen molar-refractivity contribution in [3.63, 3.8) is 0 Å². The van der Waals surface area contributed by atoms with Crippen molar-refractivity contribution in [2.75, 3.05) is 0 Å². The van der Waals surface area contributed by atoms with Gasteiger partial charge in [-0.25, -0.2) is 0 Å². The van der Waals surface area contributed by atoms with E-state index in [9.17, 15) is 0 Å². The first-order valence-electron chi connectivity index (χ1n) is 0.894. The van der Waals surface area contributed by atoms with Crippen LogP contribution in [-0.2, 0) is 40.9 Å². The summed E-state index contributed by atoms with van der Waals surface area (Å²) < 4.78 is 0. The molecule has 2 radical (unpaired) electrons. The van der Waals surface area contributed by atoms with Gasteiger partial charge in [-0.15, -0.1) is 0 Å². The van der Waals surface area contributed by atoms with E-state index in [1.165, 1.54) is 0 Å². The van der Waals surface area contributed by atoms with Gasteiger partial charge in [0.25, 0.3) is 0 Å². The molecule has 7 heteroatoms. The van der Waals surface area contributed by atoms with E-state index >= 15 is 0 Å². The third-order valence-electron chi connectivity index (χ3n) is 0. The van der Waals surface area contributed by atoms with Gasteiger partial charge >= 0.3 is 9.05 Å². The summed E-state index contributed by atoms with van der Waals surface area (Å²) in [5.41, 5.74) is 0. The van der Waals surface area contributed by atoms with Gasteiger partial charge in [-0.05, 0) is 0 Å². The molecule has 0 amide bonds. The quantitative estimate of drug-likeness (QED) is 0.349. The summed E-state index contributed by atoms with van der Waals surface area (Å²) in [6.07, 6.45) is 0. The van der Waals surface area contributed by atoms with Crippen LogP contribution in [0.3, 0.4) is 0 Å². The Morgan fingerprint density at radius 2 is 0.857 bits per heavy atom. The molecular weight excluding hydrogens is 236 g/mol. The summed E-state index contributed by atoms with van der Waals surface area (Å²) in [4.78, 5) is 29.3. The molecule has 0 atom stereocenters. The van der Waals surface area contributed by atoms with Gasteiger partial charge in [0.05, 0.1) is 0 Å². The topological polar surface area (TPSA) is 80.9 Å². The molecule has 0 fully saturated rings. The summed E-state index contributed by atoms with van der Waals surface area (Å²) in [5, 5.41) is 0. The van der Waals surface area contributed by atoms with Crippen LogP contribution in [-0.4, -0.2) is 28.2 Å². The maximum Gasteiger partial charge on any atom is 0.668 e. The van der Waals surface area contributed by atoms with Crippen LogP contribution in [0.2, 0.25) is 0 Å². The molecule has 0 saturated heterocycles. The van der Waals surface area contributed by atoms with Crippen LogP contribution in [0.15, 0.2) is 0 Å². The molecule has 4 N–H and O–H groups in total. The van der Waals surface area contributed by atoms with Gasteiger partial charge in [-0.1, -0.05) is 0 Å². The third kappa shape index (κ3) is 112. The smallest absolute Gasteiger partial charge is 0.368 e. The minimum atomic E-state index is -4.61. The fraction of sp³-hybridized carbons (Fsp3) is 0. The second-order valence-electron chi connectivity index (χ2n) is 0.600. The largest absolute Gasteiger partial charge is 0.668 e. The van der Waals surface area contributed by atoms with Crippen molar-refractivity contribution in [2.45, 2.75) is 0 Å². The third-order valence-corrected chi connectivity index (χ3v) is 0. The van der Waals surface area contributed by atoms with E-state index in [2.05, 4.69) is 0 Å². The Morgan fingerprint density at radius 1 is 0.857 bits per heavy atom. The maximum atomic E-state index is 7.33. The summed E-state index contributed by atoms with van der Waals surface area (Å²) >= 11 is 0. The molecule has 0 aliphatic rings. The number of hydrogen-bond acceptors (Lipinski definition) is 4. The Bertz CT molecular complexity index is 27.2. The van der Waals surface area contributed by atoms with Crippen LogP contribution in [0.1, 0.15) is 0 Å². The van der Waals surface area contributed by atoms with Crippen molar-refractivity contribution in [1.82, 2.24) is 0 Å². The SMILES string of the molecule is O[Si](O)(O)O.[Nb].[V]. The van der Waals surface area contributed by atoms with Gasteiger partial charge in [0, 0.05) is 40.9 Å². The van der Waals surface area contributed by atoms with E-state index in [1.54, 1.807) is 0 Å². The van der Waals surface area contributed by atoms with Crippen LogP contribution in [0.5, 0.6) is 0 Å². The zero-order valence-corrected chi connectivity index (χ0v) is 7.78. The number of rotatable bonds is 0. The van der Waals surface area contributed by atoms with Crippen molar-refractivity contribution in [3.05, 3.63) is 0 Å². The normalized spacial score (nSPS) is 8.57. The molecule has 0 rings (SSSR count). The molecule has 0 aliphatic heterocycles. The average Bonchev–Trinajstić information content (AvgIpc) is 0.722. The minimum absolute atomic E-state index is 0. The van der Waals surface area contributed by atoms with E-state index in [4.69, 9.17) is 19.2 Å². The minimum Gasteiger partial charge on any atom is -0.368 e. The molecule has 0 aromatic rings. The molecule has 0 spiro atoms. The van der Waals surface area contributed by atoms with Gasteiger partial charge in [0.1, 0.15) is 0 Å². The molecule has 0 unspecified atom stereocenters. The van der Waals surface area contributed by atoms with Gasteiger partial charge in [-0.3, -0.25) is 0 Å². The summed E-state index contributed by atoms with van der Waals surface area (Å²) in [6.45, 7) is 0. The van der Waals surface area contributed by atoms with Crippen LogP contribution >= 0.6 is 0 Å². The fourth-order valence-corrected chi connectivity index (χ4v) is 0. The Labute approximate surface area is 69.1 Å². The van der Waals surface area contributed by atoms with E-state index in [0.29, 0.717) is 0 Å². The summed E-state index contributed by atoms with van der Waals surface area (Å²) in [5.74, 6) is 0. The van der Waals surface area contributed by atoms with Crippen LogP contribution in [0.4, 0.5) is 0 Å². The summed E-state index contributed by atoms with van der Waals surface area (Å²) in [6, 6.07) is 0. The maximum absolute atomic E-state index is 7.33. The standard InChI is InChI=1S/Nb.H4O4Si.V/c;1-5(2,3)4;/h;1-4H;. The van der Waals surface area contributed by atoms with Gasteiger partial charge in [0.15, 0.2) is 0 Å².